The van der Waals surface area contributed by atoms with Crippen LogP contribution in [0.4, 0.5) is 4.39 Å². The van der Waals surface area contributed by atoms with Crippen LogP contribution in [0.5, 0.6) is 5.75 Å². The summed E-state index contributed by atoms with van der Waals surface area (Å²) >= 11 is 5.07. The zero-order valence-corrected chi connectivity index (χ0v) is 9.34. The molecule has 1 heterocycles. The van der Waals surface area contributed by atoms with Gasteiger partial charge in [-0.25, -0.2) is 9.37 Å². The first-order chi connectivity index (χ1) is 7.74. The molecular weight excluding hydrogens is 227 g/mol. The molecule has 0 bridgehead atoms. The monoisotopic (exact) mass is 236 g/mol. The van der Waals surface area contributed by atoms with Crippen LogP contribution >= 0.6 is 12.2 Å². The maximum absolute atomic E-state index is 13.9. The molecule has 16 heavy (non-hydrogen) atoms. The van der Waals surface area contributed by atoms with Gasteiger partial charge in [0.1, 0.15) is 4.64 Å². The molecule has 1 aromatic carbocycles. The van der Waals surface area contributed by atoms with E-state index in [4.69, 9.17) is 17.0 Å². The molecule has 0 saturated heterocycles. The molecule has 2 aromatic rings. The van der Waals surface area contributed by atoms with Gasteiger partial charge in [-0.15, -0.1) is 0 Å². The Morgan fingerprint density at radius 1 is 1.38 bits per heavy atom. The number of ether oxygens (including phenoxy) is 1. The van der Waals surface area contributed by atoms with Gasteiger partial charge in [0, 0.05) is 17.3 Å². The lowest BCUT2D eigenvalue weighted by Gasteiger charge is -2.06. The summed E-state index contributed by atoms with van der Waals surface area (Å²) in [6, 6.07) is 4.90. The summed E-state index contributed by atoms with van der Waals surface area (Å²) in [6.45, 7) is 0. The summed E-state index contributed by atoms with van der Waals surface area (Å²) in [6.07, 6.45) is 2.99. The average molecular weight is 236 g/mol. The van der Waals surface area contributed by atoms with E-state index in [9.17, 15) is 4.39 Å². The molecule has 0 atom stereocenters. The van der Waals surface area contributed by atoms with Crippen molar-refractivity contribution in [1.82, 2.24) is 9.97 Å². The first-order valence-corrected chi connectivity index (χ1v) is 5.00. The largest absolute Gasteiger partial charge is 0.494 e. The van der Waals surface area contributed by atoms with E-state index in [0.29, 0.717) is 15.8 Å². The van der Waals surface area contributed by atoms with Gasteiger partial charge in [0.25, 0.3) is 0 Å². The molecule has 5 heteroatoms. The normalized spacial score (nSPS) is 10.1. The van der Waals surface area contributed by atoms with Gasteiger partial charge in [0.15, 0.2) is 11.6 Å². The molecule has 0 spiro atoms. The van der Waals surface area contributed by atoms with E-state index < -0.39 is 5.82 Å². The van der Waals surface area contributed by atoms with Crippen molar-refractivity contribution in [2.75, 3.05) is 7.11 Å². The lowest BCUT2D eigenvalue weighted by atomic mass is 10.1. The Hall–Kier alpha value is -1.75. The molecule has 0 saturated carbocycles. The molecule has 0 radical (unpaired) electrons. The highest BCUT2D eigenvalue weighted by Gasteiger charge is 2.11. The van der Waals surface area contributed by atoms with Gasteiger partial charge in [0.05, 0.1) is 13.4 Å². The van der Waals surface area contributed by atoms with Crippen molar-refractivity contribution in [2.45, 2.75) is 0 Å². The van der Waals surface area contributed by atoms with Gasteiger partial charge in [-0.2, -0.15) is 0 Å². The van der Waals surface area contributed by atoms with Crippen LogP contribution in [0, 0.1) is 10.5 Å². The zero-order chi connectivity index (χ0) is 11.5. The van der Waals surface area contributed by atoms with Crippen molar-refractivity contribution in [3.63, 3.8) is 0 Å². The SMILES string of the molecule is COc1cccc(-c2cnc[nH]c2=S)c1F. The molecular formula is C11H9FN2OS. The summed E-state index contributed by atoms with van der Waals surface area (Å²) in [5.41, 5.74) is 0.933. The minimum absolute atomic E-state index is 0.191. The highest BCUT2D eigenvalue weighted by atomic mass is 32.1. The Bertz CT molecular complexity index is 568. The number of hydrogen-bond donors (Lipinski definition) is 1. The van der Waals surface area contributed by atoms with Crippen molar-refractivity contribution in [1.29, 1.82) is 0 Å². The second-order valence-corrected chi connectivity index (χ2v) is 3.52. The summed E-state index contributed by atoms with van der Waals surface area (Å²) in [5.74, 6) is -0.242. The van der Waals surface area contributed by atoms with E-state index in [-0.39, 0.29) is 5.75 Å². The Morgan fingerprint density at radius 3 is 2.88 bits per heavy atom. The number of halogens is 1. The van der Waals surface area contributed by atoms with Gasteiger partial charge in [-0.3, -0.25) is 0 Å². The first-order valence-electron chi connectivity index (χ1n) is 4.59. The standard InChI is InChI=1S/C11H9FN2OS/c1-15-9-4-2-3-7(10(9)12)8-5-13-6-14-11(8)16/h2-6H,1H3,(H,13,14,16). The molecule has 2 rings (SSSR count). The van der Waals surface area contributed by atoms with Crippen LogP contribution in [-0.4, -0.2) is 17.1 Å². The van der Waals surface area contributed by atoms with E-state index >= 15 is 0 Å². The molecule has 1 aromatic heterocycles. The lowest BCUT2D eigenvalue weighted by molar-refractivity contribution is 0.387. The number of hydrogen-bond acceptors (Lipinski definition) is 3. The number of rotatable bonds is 2. The van der Waals surface area contributed by atoms with Crippen LogP contribution in [0.3, 0.4) is 0 Å². The van der Waals surface area contributed by atoms with E-state index in [0.717, 1.165) is 0 Å². The molecule has 0 fully saturated rings. The molecule has 0 aliphatic carbocycles. The number of aromatic nitrogens is 2. The van der Waals surface area contributed by atoms with Crippen LogP contribution in [0.15, 0.2) is 30.7 Å². The van der Waals surface area contributed by atoms with Crippen molar-refractivity contribution in [3.05, 3.63) is 41.2 Å². The fraction of sp³-hybridized carbons (Fsp3) is 0.0909. The Labute approximate surface area is 96.9 Å². The van der Waals surface area contributed by atoms with Crippen molar-refractivity contribution < 1.29 is 9.13 Å². The van der Waals surface area contributed by atoms with Gasteiger partial charge in [0.2, 0.25) is 0 Å². The fourth-order valence-corrected chi connectivity index (χ4v) is 1.63. The van der Waals surface area contributed by atoms with Gasteiger partial charge >= 0.3 is 0 Å². The first kappa shape index (κ1) is 10.8. The number of methoxy groups -OCH3 is 1. The van der Waals surface area contributed by atoms with Crippen LogP contribution in [0.2, 0.25) is 0 Å². The predicted octanol–water partition coefficient (Wildman–Crippen LogP) is 2.95. The Kier molecular flexibility index (Phi) is 2.96. The van der Waals surface area contributed by atoms with Crippen LogP contribution in [0.25, 0.3) is 11.1 Å². The average Bonchev–Trinajstić information content (AvgIpc) is 2.31. The van der Waals surface area contributed by atoms with Gasteiger partial charge < -0.3 is 9.72 Å². The zero-order valence-electron chi connectivity index (χ0n) is 8.53. The van der Waals surface area contributed by atoms with Crippen LogP contribution in [-0.2, 0) is 0 Å². The molecule has 0 aliphatic heterocycles. The number of aromatic amines is 1. The quantitative estimate of drug-likeness (QED) is 0.815. The smallest absolute Gasteiger partial charge is 0.173 e. The van der Waals surface area contributed by atoms with Crippen LogP contribution in [0.1, 0.15) is 0 Å². The summed E-state index contributed by atoms with van der Waals surface area (Å²) in [4.78, 5) is 6.65. The van der Waals surface area contributed by atoms with Gasteiger partial charge in [-0.05, 0) is 6.07 Å². The Morgan fingerprint density at radius 2 is 2.19 bits per heavy atom. The van der Waals surface area contributed by atoms with E-state index in [2.05, 4.69) is 9.97 Å². The van der Waals surface area contributed by atoms with E-state index in [1.54, 1.807) is 18.2 Å². The molecule has 0 unspecified atom stereocenters. The van der Waals surface area contributed by atoms with Crippen molar-refractivity contribution in [2.24, 2.45) is 0 Å². The van der Waals surface area contributed by atoms with E-state index in [1.807, 2.05) is 0 Å². The van der Waals surface area contributed by atoms with E-state index in [1.165, 1.54) is 19.6 Å². The maximum atomic E-state index is 13.9. The maximum Gasteiger partial charge on any atom is 0.173 e. The number of H-pyrrole nitrogens is 1. The second-order valence-electron chi connectivity index (χ2n) is 3.12. The third-order valence-corrected chi connectivity index (χ3v) is 2.53. The van der Waals surface area contributed by atoms with Crippen molar-refractivity contribution >= 4 is 12.2 Å². The molecule has 1 N–H and O–H groups in total. The third-order valence-electron chi connectivity index (χ3n) is 2.19. The van der Waals surface area contributed by atoms with Crippen molar-refractivity contribution in [3.8, 4) is 16.9 Å². The molecule has 0 aliphatic rings. The molecule has 0 amide bonds. The molecule has 3 nitrogen and oxygen atoms in total. The highest BCUT2D eigenvalue weighted by molar-refractivity contribution is 7.71. The van der Waals surface area contributed by atoms with Crippen LogP contribution < -0.4 is 4.74 Å². The minimum Gasteiger partial charge on any atom is -0.494 e. The summed E-state index contributed by atoms with van der Waals surface area (Å²) < 4.78 is 19.3. The molecule has 82 valence electrons. The Balaban J connectivity index is 2.66. The predicted molar refractivity (Wildman–Crippen MR) is 61.4 cm³/mol. The topological polar surface area (TPSA) is 37.9 Å². The second kappa shape index (κ2) is 4.40. The number of benzene rings is 1. The third kappa shape index (κ3) is 1.81. The lowest BCUT2D eigenvalue weighted by Crippen LogP contribution is -1.93. The summed E-state index contributed by atoms with van der Waals surface area (Å²) in [5, 5.41) is 0. The minimum atomic E-state index is -0.433. The number of nitrogens with one attached hydrogen (secondary N) is 1. The number of nitrogens with zero attached hydrogens (tertiary/aromatic N) is 1. The van der Waals surface area contributed by atoms with Gasteiger partial charge in [-0.1, -0.05) is 24.4 Å². The fourth-order valence-electron chi connectivity index (χ4n) is 1.41. The summed E-state index contributed by atoms with van der Waals surface area (Å²) in [7, 11) is 1.42. The highest BCUT2D eigenvalue weighted by Crippen LogP contribution is 2.28.